The third kappa shape index (κ3) is 3.02. The van der Waals surface area contributed by atoms with Crippen molar-refractivity contribution in [3.05, 3.63) is 58.7 Å². The topological polar surface area (TPSA) is 54.3 Å². The van der Waals surface area contributed by atoms with Crippen molar-refractivity contribution < 1.29 is 23.1 Å². The molecular weight excluding hydrogens is 357 g/mol. The molecule has 0 amide bonds. The quantitative estimate of drug-likeness (QED) is 0.660. The first kappa shape index (κ1) is 17.2. The smallest absolute Gasteiger partial charge is 0.417 e. The summed E-state index contributed by atoms with van der Waals surface area (Å²) in [6.07, 6.45) is -4.61. The van der Waals surface area contributed by atoms with Gasteiger partial charge in [-0.3, -0.25) is 0 Å². The van der Waals surface area contributed by atoms with E-state index in [-0.39, 0.29) is 17.1 Å². The molecule has 0 unspecified atom stereocenters. The van der Waals surface area contributed by atoms with Crippen LogP contribution in [0.3, 0.4) is 0 Å². The second-order valence-electron chi connectivity index (χ2n) is 5.42. The number of carbonyl (C=O) groups is 1. The lowest BCUT2D eigenvalue weighted by Crippen LogP contribution is -2.08. The number of nitrogens with one attached hydrogen (secondary N) is 1. The van der Waals surface area contributed by atoms with Crippen LogP contribution >= 0.6 is 11.6 Å². The Balaban J connectivity index is 2.16. The average molecular weight is 369 g/mol. The first-order chi connectivity index (χ1) is 11.7. The Kier molecular flexibility index (Phi) is 4.12. The molecule has 3 rings (SSSR count). The summed E-state index contributed by atoms with van der Waals surface area (Å²) >= 11 is 5.62. The van der Waals surface area contributed by atoms with Gasteiger partial charge >= 0.3 is 12.1 Å². The zero-order chi connectivity index (χ0) is 18.4. The maximum atomic E-state index is 13.0. The number of rotatable bonds is 3. The number of benzene rings is 2. The van der Waals surface area contributed by atoms with Gasteiger partial charge in [0.2, 0.25) is 0 Å². The highest BCUT2D eigenvalue weighted by Crippen LogP contribution is 2.38. The molecule has 3 aromatic rings. The number of alkyl halides is 3. The van der Waals surface area contributed by atoms with Crippen molar-refractivity contribution in [1.29, 1.82) is 0 Å². The van der Waals surface area contributed by atoms with E-state index in [1.54, 1.807) is 31.3 Å². The molecule has 130 valence electrons. The molecule has 0 radical (unpaired) electrons. The molecule has 0 atom stereocenters. The number of aromatic carboxylic acids is 1. The molecule has 1 aromatic heterocycles. The molecular formula is C17H12ClF3N2O2. The lowest BCUT2D eigenvalue weighted by molar-refractivity contribution is -0.137. The van der Waals surface area contributed by atoms with E-state index in [0.29, 0.717) is 10.9 Å². The number of fused-ring (bicyclic) bond motifs is 1. The van der Waals surface area contributed by atoms with Gasteiger partial charge in [0, 0.05) is 18.1 Å². The van der Waals surface area contributed by atoms with Gasteiger partial charge in [-0.25, -0.2) is 4.79 Å². The van der Waals surface area contributed by atoms with Crippen LogP contribution in [-0.4, -0.2) is 15.6 Å². The van der Waals surface area contributed by atoms with Gasteiger partial charge in [-0.05, 0) is 24.3 Å². The van der Waals surface area contributed by atoms with Crippen LogP contribution in [-0.2, 0) is 13.2 Å². The summed E-state index contributed by atoms with van der Waals surface area (Å²) in [4.78, 5) is 11.6. The van der Waals surface area contributed by atoms with Crippen LogP contribution in [0.15, 0.2) is 42.5 Å². The number of aryl methyl sites for hydroxylation is 1. The van der Waals surface area contributed by atoms with E-state index >= 15 is 0 Å². The molecule has 0 bridgehead atoms. The Morgan fingerprint density at radius 3 is 2.52 bits per heavy atom. The fourth-order valence-electron chi connectivity index (χ4n) is 2.73. The number of para-hydroxylation sites is 1. The Morgan fingerprint density at radius 2 is 1.88 bits per heavy atom. The number of aromatic nitrogens is 1. The largest absolute Gasteiger partial charge is 0.477 e. The standard InChI is InChI=1S/C17H12ClF3N2O2/c1-23-13-5-3-2-4-10(13)14(15(23)16(24)25)22-9-6-7-12(18)11(8-9)17(19,20)21/h2-8,22H,1H3,(H,24,25). The summed E-state index contributed by atoms with van der Waals surface area (Å²) in [5.41, 5.74) is -0.0787. The van der Waals surface area contributed by atoms with Gasteiger partial charge in [-0.2, -0.15) is 13.2 Å². The summed E-state index contributed by atoms with van der Waals surface area (Å²) in [5.74, 6) is -1.19. The van der Waals surface area contributed by atoms with Gasteiger partial charge in [-0.15, -0.1) is 0 Å². The molecule has 0 aliphatic rings. The predicted molar refractivity (Wildman–Crippen MR) is 89.6 cm³/mol. The van der Waals surface area contributed by atoms with E-state index in [2.05, 4.69) is 5.32 Å². The molecule has 25 heavy (non-hydrogen) atoms. The van der Waals surface area contributed by atoms with E-state index in [0.717, 1.165) is 12.1 Å². The van der Waals surface area contributed by atoms with E-state index in [1.165, 1.54) is 10.6 Å². The van der Waals surface area contributed by atoms with Crippen LogP contribution in [0.2, 0.25) is 5.02 Å². The van der Waals surface area contributed by atoms with E-state index in [9.17, 15) is 23.1 Å². The van der Waals surface area contributed by atoms with E-state index in [1.807, 2.05) is 0 Å². The molecule has 0 aliphatic carbocycles. The van der Waals surface area contributed by atoms with Crippen molar-refractivity contribution in [1.82, 2.24) is 4.57 Å². The number of carboxylic acids is 1. The fraction of sp³-hybridized carbons (Fsp3) is 0.118. The van der Waals surface area contributed by atoms with Crippen molar-refractivity contribution in [2.24, 2.45) is 7.05 Å². The molecule has 1 heterocycles. The molecule has 8 heteroatoms. The Hall–Kier alpha value is -2.67. The second-order valence-corrected chi connectivity index (χ2v) is 5.83. The Labute approximate surface area is 145 Å². The third-order valence-electron chi connectivity index (χ3n) is 3.85. The summed E-state index contributed by atoms with van der Waals surface area (Å²) in [5, 5.41) is 12.5. The van der Waals surface area contributed by atoms with Crippen LogP contribution in [0.5, 0.6) is 0 Å². The molecule has 0 fully saturated rings. The molecule has 0 aliphatic heterocycles. The fourth-order valence-corrected chi connectivity index (χ4v) is 2.96. The highest BCUT2D eigenvalue weighted by molar-refractivity contribution is 6.31. The van der Waals surface area contributed by atoms with Gasteiger partial charge < -0.3 is 15.0 Å². The predicted octanol–water partition coefficient (Wildman–Crippen LogP) is 5.29. The number of anilines is 2. The van der Waals surface area contributed by atoms with Gasteiger partial charge in [-0.1, -0.05) is 29.8 Å². The van der Waals surface area contributed by atoms with E-state index in [4.69, 9.17) is 11.6 Å². The zero-order valence-electron chi connectivity index (χ0n) is 12.9. The Bertz CT molecular complexity index is 980. The zero-order valence-corrected chi connectivity index (χ0v) is 13.6. The SMILES string of the molecule is Cn1c(C(=O)O)c(Nc2ccc(Cl)c(C(F)(F)F)c2)c2ccccc21. The molecule has 2 N–H and O–H groups in total. The van der Waals surface area contributed by atoms with Gasteiger partial charge in [0.1, 0.15) is 0 Å². The minimum atomic E-state index is -4.61. The molecule has 2 aromatic carbocycles. The monoisotopic (exact) mass is 368 g/mol. The number of halogens is 4. The van der Waals surface area contributed by atoms with Crippen molar-refractivity contribution in [2.75, 3.05) is 5.32 Å². The third-order valence-corrected chi connectivity index (χ3v) is 4.18. The van der Waals surface area contributed by atoms with Crippen molar-refractivity contribution in [3.8, 4) is 0 Å². The summed E-state index contributed by atoms with van der Waals surface area (Å²) < 4.78 is 40.5. The van der Waals surface area contributed by atoms with Crippen LogP contribution in [0.4, 0.5) is 24.5 Å². The summed E-state index contributed by atoms with van der Waals surface area (Å²) in [7, 11) is 1.58. The second kappa shape index (κ2) is 6.00. The summed E-state index contributed by atoms with van der Waals surface area (Å²) in [6.45, 7) is 0. The van der Waals surface area contributed by atoms with Crippen LogP contribution in [0.25, 0.3) is 10.9 Å². The normalized spacial score (nSPS) is 11.7. The lowest BCUT2D eigenvalue weighted by atomic mass is 10.1. The highest BCUT2D eigenvalue weighted by atomic mass is 35.5. The minimum Gasteiger partial charge on any atom is -0.477 e. The van der Waals surface area contributed by atoms with Crippen LogP contribution in [0, 0.1) is 0 Å². The number of nitrogens with zero attached hydrogens (tertiary/aromatic N) is 1. The van der Waals surface area contributed by atoms with Crippen LogP contribution < -0.4 is 5.32 Å². The van der Waals surface area contributed by atoms with Crippen LogP contribution in [0.1, 0.15) is 16.1 Å². The molecule has 4 nitrogen and oxygen atoms in total. The van der Waals surface area contributed by atoms with Gasteiger partial charge in [0.25, 0.3) is 0 Å². The minimum absolute atomic E-state index is 0.0512. The van der Waals surface area contributed by atoms with E-state index < -0.39 is 22.7 Å². The van der Waals surface area contributed by atoms with Gasteiger partial charge in [0.15, 0.2) is 5.69 Å². The maximum Gasteiger partial charge on any atom is 0.417 e. The lowest BCUT2D eigenvalue weighted by Gasteiger charge is -2.13. The average Bonchev–Trinajstić information content (AvgIpc) is 2.81. The van der Waals surface area contributed by atoms with Gasteiger partial charge in [0.05, 0.1) is 21.8 Å². The Morgan fingerprint density at radius 1 is 1.20 bits per heavy atom. The number of hydrogen-bond donors (Lipinski definition) is 2. The van der Waals surface area contributed by atoms with Crippen molar-refractivity contribution in [3.63, 3.8) is 0 Å². The maximum absolute atomic E-state index is 13.0. The first-order valence-corrected chi connectivity index (χ1v) is 7.52. The summed E-state index contributed by atoms with van der Waals surface area (Å²) in [6, 6.07) is 10.3. The number of hydrogen-bond acceptors (Lipinski definition) is 2. The molecule has 0 spiro atoms. The first-order valence-electron chi connectivity index (χ1n) is 7.14. The molecule has 0 saturated carbocycles. The molecule has 0 saturated heterocycles. The van der Waals surface area contributed by atoms with Crippen molar-refractivity contribution in [2.45, 2.75) is 6.18 Å². The highest BCUT2D eigenvalue weighted by Gasteiger charge is 2.33. The number of carboxylic acid groups (broad SMARTS) is 1. The van der Waals surface area contributed by atoms with Crippen molar-refractivity contribution >= 4 is 39.8 Å².